The van der Waals surface area contributed by atoms with E-state index in [0.717, 1.165) is 11.8 Å². The van der Waals surface area contributed by atoms with E-state index in [4.69, 9.17) is 4.98 Å². The Morgan fingerprint density at radius 1 is 1.20 bits per heavy atom. The van der Waals surface area contributed by atoms with Gasteiger partial charge in [0.05, 0.1) is 41.5 Å². The van der Waals surface area contributed by atoms with Gasteiger partial charge in [-0.25, -0.2) is 19.2 Å². The van der Waals surface area contributed by atoms with Crippen LogP contribution in [0.1, 0.15) is 58.8 Å². The third kappa shape index (κ3) is 6.13. The number of carbonyl (C=O) groups excluding carboxylic acids is 1. The minimum absolute atomic E-state index is 0.0734. The number of rotatable bonds is 7. The number of aliphatic hydroxyl groups excluding tert-OH is 1. The molecule has 1 aromatic carbocycles. The number of aliphatic hydroxyl groups is 1. The zero-order valence-corrected chi connectivity index (χ0v) is 26.1. The van der Waals surface area contributed by atoms with E-state index in [1.54, 1.807) is 19.1 Å². The van der Waals surface area contributed by atoms with Gasteiger partial charge in [-0.1, -0.05) is 22.9 Å². The second-order valence-electron chi connectivity index (χ2n) is 10.8. The van der Waals surface area contributed by atoms with Crippen LogP contribution in [0.3, 0.4) is 0 Å². The van der Waals surface area contributed by atoms with Crippen LogP contribution >= 0.6 is 15.9 Å². The number of fused-ring (bicyclic) bond motifs is 1. The van der Waals surface area contributed by atoms with Crippen LogP contribution in [0, 0.1) is 13.8 Å². The Labute approximate surface area is 259 Å². The van der Waals surface area contributed by atoms with Crippen molar-refractivity contribution in [1.82, 2.24) is 29.2 Å². The lowest BCUT2D eigenvalue weighted by atomic mass is 9.98. The highest BCUT2D eigenvalue weighted by Gasteiger charge is 2.36. The molecule has 14 heteroatoms. The van der Waals surface area contributed by atoms with Crippen molar-refractivity contribution in [3.05, 3.63) is 91.2 Å². The third-order valence-corrected chi connectivity index (χ3v) is 8.26. The summed E-state index contributed by atoms with van der Waals surface area (Å²) in [6.07, 6.45) is -2.90. The number of alkyl halides is 3. The molecule has 0 bridgehead atoms. The first-order valence-corrected chi connectivity index (χ1v) is 14.8. The molecule has 0 fully saturated rings. The average Bonchev–Trinajstić information content (AvgIpc) is 3.32. The lowest BCUT2D eigenvalue weighted by Gasteiger charge is -2.34. The van der Waals surface area contributed by atoms with Gasteiger partial charge in [-0.3, -0.25) is 9.59 Å². The zero-order chi connectivity index (χ0) is 31.9. The highest BCUT2D eigenvalue weighted by atomic mass is 79.9. The van der Waals surface area contributed by atoms with Crippen molar-refractivity contribution in [1.29, 1.82) is 0 Å². The molecule has 0 radical (unpaired) electrons. The first-order chi connectivity index (χ1) is 20.8. The van der Waals surface area contributed by atoms with Gasteiger partial charge in [0, 0.05) is 33.9 Å². The zero-order valence-electron chi connectivity index (χ0n) is 24.5. The lowest BCUT2D eigenvalue weighted by molar-refractivity contribution is -0.138. The molecular weight excluding hydrogens is 643 g/mol. The summed E-state index contributed by atoms with van der Waals surface area (Å²) in [5, 5.41) is 17.5. The Morgan fingerprint density at radius 3 is 2.57 bits per heavy atom. The number of benzene rings is 1. The van der Waals surface area contributed by atoms with Crippen LogP contribution in [0.5, 0.6) is 0 Å². The van der Waals surface area contributed by atoms with Gasteiger partial charge in [0.2, 0.25) is 5.95 Å². The normalized spacial score (nSPS) is 15.7. The van der Waals surface area contributed by atoms with Gasteiger partial charge in [0.25, 0.3) is 11.5 Å². The first kappa shape index (κ1) is 31.4. The molecule has 0 aliphatic carbocycles. The second kappa shape index (κ2) is 12.2. The van der Waals surface area contributed by atoms with Crippen molar-refractivity contribution in [3.8, 4) is 11.6 Å². The van der Waals surface area contributed by atoms with Gasteiger partial charge >= 0.3 is 6.18 Å². The predicted octanol–water partition coefficient (Wildman–Crippen LogP) is 4.98. The monoisotopic (exact) mass is 673 g/mol. The lowest BCUT2D eigenvalue weighted by Crippen LogP contribution is -2.46. The van der Waals surface area contributed by atoms with E-state index in [0.29, 0.717) is 41.4 Å². The van der Waals surface area contributed by atoms with Gasteiger partial charge in [0.1, 0.15) is 5.82 Å². The van der Waals surface area contributed by atoms with Crippen molar-refractivity contribution < 1.29 is 23.1 Å². The number of amides is 1. The minimum Gasteiger partial charge on any atom is -0.391 e. The summed E-state index contributed by atoms with van der Waals surface area (Å²) in [6.45, 7) is 7.51. The molecule has 232 valence electrons. The summed E-state index contributed by atoms with van der Waals surface area (Å²) >= 11 is 2.92. The molecule has 0 saturated carbocycles. The third-order valence-electron chi connectivity index (χ3n) is 7.57. The Kier molecular flexibility index (Phi) is 8.67. The maximum Gasteiger partial charge on any atom is 0.417 e. The summed E-state index contributed by atoms with van der Waals surface area (Å²) in [4.78, 5) is 38.3. The summed E-state index contributed by atoms with van der Waals surface area (Å²) in [7, 11) is 0. The summed E-state index contributed by atoms with van der Waals surface area (Å²) in [6, 6.07) is 8.13. The fourth-order valence-electron chi connectivity index (χ4n) is 5.16. The fourth-order valence-corrected chi connectivity index (χ4v) is 5.63. The molecule has 44 heavy (non-hydrogen) atoms. The van der Waals surface area contributed by atoms with Crippen LogP contribution in [0.15, 0.2) is 51.9 Å². The van der Waals surface area contributed by atoms with E-state index >= 15 is 0 Å². The number of nitrogens with zero attached hydrogens (tertiary/aromatic N) is 6. The molecule has 4 aromatic rings. The van der Waals surface area contributed by atoms with Crippen LogP contribution in [-0.2, 0) is 19.1 Å². The van der Waals surface area contributed by atoms with E-state index in [1.807, 2.05) is 26.8 Å². The number of anilines is 1. The molecule has 3 aromatic heterocycles. The highest BCUT2D eigenvalue weighted by Crippen LogP contribution is 2.36. The maximum absolute atomic E-state index is 14.1. The molecule has 2 atom stereocenters. The van der Waals surface area contributed by atoms with Crippen molar-refractivity contribution in [3.63, 3.8) is 0 Å². The van der Waals surface area contributed by atoms with Gasteiger partial charge in [0.15, 0.2) is 0 Å². The molecule has 1 amide bonds. The average molecular weight is 675 g/mol. The van der Waals surface area contributed by atoms with E-state index in [1.165, 1.54) is 32.5 Å². The van der Waals surface area contributed by atoms with E-state index in [-0.39, 0.29) is 34.5 Å². The number of nitrogens with one attached hydrogen (secondary N) is 1. The predicted molar refractivity (Wildman–Crippen MR) is 161 cm³/mol. The molecule has 0 spiro atoms. The number of aryl methyl sites for hydroxylation is 2. The molecule has 10 nitrogen and oxygen atoms in total. The van der Waals surface area contributed by atoms with Crippen LogP contribution in [0.2, 0.25) is 0 Å². The smallest absolute Gasteiger partial charge is 0.391 e. The maximum atomic E-state index is 14.1. The molecule has 0 unspecified atom stereocenters. The number of hydrogen-bond acceptors (Lipinski definition) is 7. The molecule has 1 aliphatic heterocycles. The quantitative estimate of drug-likeness (QED) is 0.284. The summed E-state index contributed by atoms with van der Waals surface area (Å²) in [5.41, 5.74) is 1.18. The minimum atomic E-state index is -4.64. The summed E-state index contributed by atoms with van der Waals surface area (Å²) < 4.78 is 43.4. The SMILES string of the molecule is CC[C@@H](O)CNc1ccc(-n2c(-n3nc(C)cc3C)nc3c(c2=O)C[C@@H](C)N(C(=O)c2ccc(Br)c(C(F)(F)F)c2)C3)cn1. The van der Waals surface area contributed by atoms with Gasteiger partial charge in [-0.15, -0.1) is 0 Å². The van der Waals surface area contributed by atoms with Crippen LogP contribution < -0.4 is 10.9 Å². The van der Waals surface area contributed by atoms with E-state index < -0.39 is 29.8 Å². The van der Waals surface area contributed by atoms with Gasteiger partial charge < -0.3 is 15.3 Å². The van der Waals surface area contributed by atoms with Crippen molar-refractivity contribution in [2.24, 2.45) is 0 Å². The molecule has 1 aliphatic rings. The molecule has 4 heterocycles. The van der Waals surface area contributed by atoms with Crippen molar-refractivity contribution >= 4 is 27.7 Å². The number of halogens is 4. The Balaban J connectivity index is 1.56. The number of pyridine rings is 1. The first-order valence-electron chi connectivity index (χ1n) is 14.0. The number of carbonyl (C=O) groups is 1. The van der Waals surface area contributed by atoms with Gasteiger partial charge in [-0.05, 0) is 70.0 Å². The van der Waals surface area contributed by atoms with Crippen molar-refractivity contribution in [2.75, 3.05) is 11.9 Å². The largest absolute Gasteiger partial charge is 0.417 e. The highest BCUT2D eigenvalue weighted by molar-refractivity contribution is 9.10. The fraction of sp³-hybridized carbons (Fsp3) is 0.367. The molecule has 5 rings (SSSR count). The van der Waals surface area contributed by atoms with Crippen molar-refractivity contribution in [2.45, 2.75) is 65.4 Å². The Bertz CT molecular complexity index is 1770. The van der Waals surface area contributed by atoms with E-state index in [2.05, 4.69) is 31.3 Å². The molecule has 0 saturated heterocycles. The Morgan fingerprint density at radius 2 is 1.95 bits per heavy atom. The Hall–Kier alpha value is -4.04. The van der Waals surface area contributed by atoms with Crippen LogP contribution in [0.4, 0.5) is 19.0 Å². The standard InChI is InChI=1S/C30H31BrF3N7O3/c1-5-21(42)14-36-26-9-7-20(13-35-26)40-28(44)22-11-17(3)39(15-25(22)37-29(40)41-18(4)10-16(2)38-41)27(43)19-6-8-24(31)23(12-19)30(32,33)34/h6-10,12-13,17,21,42H,5,11,14-15H2,1-4H3,(H,35,36)/t17-,21-/m1/s1. The topological polar surface area (TPSA) is 118 Å². The van der Waals surface area contributed by atoms with E-state index in [9.17, 15) is 27.9 Å². The number of aromatic nitrogens is 5. The van der Waals surface area contributed by atoms with Gasteiger partial charge in [-0.2, -0.15) is 18.3 Å². The summed E-state index contributed by atoms with van der Waals surface area (Å²) in [5.74, 6) is 0.116. The second-order valence-corrected chi connectivity index (χ2v) is 11.7. The molecular formula is C30H31BrF3N7O3. The van der Waals surface area contributed by atoms with Crippen LogP contribution in [-0.4, -0.2) is 58.9 Å². The van der Waals surface area contributed by atoms with Crippen LogP contribution in [0.25, 0.3) is 11.6 Å². The molecule has 2 N–H and O–H groups in total. The number of hydrogen-bond donors (Lipinski definition) is 2.